The van der Waals surface area contributed by atoms with Crippen LogP contribution in [0.4, 0.5) is 0 Å². The molecule has 0 aliphatic heterocycles. The molecule has 1 heterocycles. The zero-order valence-corrected chi connectivity index (χ0v) is 11.6. The maximum atomic E-state index is 4.68. The number of fused-ring (bicyclic) bond motifs is 1. The highest BCUT2D eigenvalue weighted by Crippen LogP contribution is 2.14. The Labute approximate surface area is 119 Å². The van der Waals surface area contributed by atoms with Crippen LogP contribution in [0.15, 0.2) is 66.7 Å². The number of para-hydroxylation sites is 1. The fourth-order valence-electron chi connectivity index (χ4n) is 2.32. The molecule has 0 saturated carbocycles. The molecule has 2 aromatic carbocycles. The van der Waals surface area contributed by atoms with Crippen LogP contribution in [-0.2, 0) is 6.54 Å². The summed E-state index contributed by atoms with van der Waals surface area (Å²) >= 11 is 0. The van der Waals surface area contributed by atoms with Gasteiger partial charge in [0.2, 0.25) is 0 Å². The SMILES string of the molecule is CC(NCc1ccc2ccccc2n1)c1ccccc1. The van der Waals surface area contributed by atoms with Crippen molar-refractivity contribution in [1.82, 2.24) is 10.3 Å². The summed E-state index contributed by atoms with van der Waals surface area (Å²) in [6.45, 7) is 2.96. The number of rotatable bonds is 4. The van der Waals surface area contributed by atoms with Crippen LogP contribution in [0.5, 0.6) is 0 Å². The first-order valence-corrected chi connectivity index (χ1v) is 6.96. The third-order valence-corrected chi connectivity index (χ3v) is 3.55. The van der Waals surface area contributed by atoms with Gasteiger partial charge in [-0.1, -0.05) is 54.6 Å². The fourth-order valence-corrected chi connectivity index (χ4v) is 2.32. The molecule has 0 aliphatic carbocycles. The first-order chi connectivity index (χ1) is 9.83. The molecule has 1 aromatic heterocycles. The second-order valence-corrected chi connectivity index (χ2v) is 5.01. The molecule has 0 amide bonds. The van der Waals surface area contributed by atoms with Crippen LogP contribution < -0.4 is 5.32 Å². The summed E-state index contributed by atoms with van der Waals surface area (Å²) in [6.07, 6.45) is 0. The molecule has 2 nitrogen and oxygen atoms in total. The second kappa shape index (κ2) is 5.85. The van der Waals surface area contributed by atoms with E-state index < -0.39 is 0 Å². The van der Waals surface area contributed by atoms with Crippen molar-refractivity contribution < 1.29 is 0 Å². The molecule has 2 heteroatoms. The minimum absolute atomic E-state index is 0.324. The maximum Gasteiger partial charge on any atom is 0.0705 e. The molecular formula is C18H18N2. The topological polar surface area (TPSA) is 24.9 Å². The smallest absolute Gasteiger partial charge is 0.0705 e. The van der Waals surface area contributed by atoms with Gasteiger partial charge >= 0.3 is 0 Å². The predicted octanol–water partition coefficient (Wildman–Crippen LogP) is 4.09. The van der Waals surface area contributed by atoms with Gasteiger partial charge in [0.15, 0.2) is 0 Å². The summed E-state index contributed by atoms with van der Waals surface area (Å²) in [5, 5.41) is 4.70. The fraction of sp³-hybridized carbons (Fsp3) is 0.167. The van der Waals surface area contributed by atoms with Gasteiger partial charge in [-0.3, -0.25) is 4.98 Å². The summed E-state index contributed by atoms with van der Waals surface area (Å²) in [7, 11) is 0. The van der Waals surface area contributed by atoms with E-state index in [0.717, 1.165) is 17.8 Å². The van der Waals surface area contributed by atoms with Crippen LogP contribution in [0, 0.1) is 0 Å². The van der Waals surface area contributed by atoms with Crippen molar-refractivity contribution in [1.29, 1.82) is 0 Å². The van der Waals surface area contributed by atoms with Gasteiger partial charge in [-0.05, 0) is 24.6 Å². The Morgan fingerprint density at radius 1 is 0.900 bits per heavy atom. The maximum absolute atomic E-state index is 4.68. The molecule has 3 aromatic rings. The molecule has 0 bridgehead atoms. The molecule has 20 heavy (non-hydrogen) atoms. The average molecular weight is 262 g/mol. The van der Waals surface area contributed by atoms with Gasteiger partial charge in [0.05, 0.1) is 11.2 Å². The normalized spacial score (nSPS) is 12.4. The number of aromatic nitrogens is 1. The standard InChI is InChI=1S/C18H18N2/c1-14(15-7-3-2-4-8-15)19-13-17-12-11-16-9-5-6-10-18(16)20-17/h2-12,14,19H,13H2,1H3. The summed E-state index contributed by atoms with van der Waals surface area (Å²) in [5.74, 6) is 0. The molecule has 3 rings (SSSR count). The van der Waals surface area contributed by atoms with E-state index in [4.69, 9.17) is 0 Å². The van der Waals surface area contributed by atoms with Crippen molar-refractivity contribution in [3.8, 4) is 0 Å². The Balaban J connectivity index is 1.70. The monoisotopic (exact) mass is 262 g/mol. The average Bonchev–Trinajstić information content (AvgIpc) is 2.53. The van der Waals surface area contributed by atoms with Gasteiger partial charge < -0.3 is 5.32 Å². The highest BCUT2D eigenvalue weighted by atomic mass is 14.9. The van der Waals surface area contributed by atoms with Crippen LogP contribution in [0.2, 0.25) is 0 Å². The lowest BCUT2D eigenvalue weighted by molar-refractivity contribution is 0.568. The lowest BCUT2D eigenvalue weighted by Crippen LogP contribution is -2.18. The number of hydrogen-bond acceptors (Lipinski definition) is 2. The van der Waals surface area contributed by atoms with Crippen molar-refractivity contribution in [3.05, 3.63) is 78.0 Å². The lowest BCUT2D eigenvalue weighted by Gasteiger charge is -2.14. The van der Waals surface area contributed by atoms with Gasteiger partial charge in [-0.2, -0.15) is 0 Å². The Hall–Kier alpha value is -2.19. The molecule has 0 aliphatic rings. The summed E-state index contributed by atoms with van der Waals surface area (Å²) in [6, 6.07) is 23.2. The Morgan fingerprint density at radius 3 is 2.50 bits per heavy atom. The highest BCUT2D eigenvalue weighted by Gasteiger charge is 2.04. The number of hydrogen-bond donors (Lipinski definition) is 1. The van der Waals surface area contributed by atoms with Crippen molar-refractivity contribution in [3.63, 3.8) is 0 Å². The van der Waals surface area contributed by atoms with Crippen LogP contribution in [0.3, 0.4) is 0 Å². The van der Waals surface area contributed by atoms with Gasteiger partial charge in [0, 0.05) is 18.0 Å². The minimum atomic E-state index is 0.324. The van der Waals surface area contributed by atoms with E-state index >= 15 is 0 Å². The Kier molecular flexibility index (Phi) is 3.75. The molecule has 1 N–H and O–H groups in total. The van der Waals surface area contributed by atoms with Crippen molar-refractivity contribution in [2.75, 3.05) is 0 Å². The summed E-state index contributed by atoms with van der Waals surface area (Å²) in [5.41, 5.74) is 3.43. The van der Waals surface area contributed by atoms with Crippen LogP contribution >= 0.6 is 0 Å². The van der Waals surface area contributed by atoms with E-state index in [1.54, 1.807) is 0 Å². The highest BCUT2D eigenvalue weighted by molar-refractivity contribution is 5.78. The molecule has 100 valence electrons. The van der Waals surface area contributed by atoms with Gasteiger partial charge in [-0.15, -0.1) is 0 Å². The molecule has 1 unspecified atom stereocenters. The van der Waals surface area contributed by atoms with Crippen molar-refractivity contribution in [2.45, 2.75) is 19.5 Å². The van der Waals surface area contributed by atoms with E-state index in [2.05, 4.69) is 65.8 Å². The van der Waals surface area contributed by atoms with E-state index in [1.807, 2.05) is 18.2 Å². The Morgan fingerprint density at radius 2 is 1.65 bits per heavy atom. The quantitative estimate of drug-likeness (QED) is 0.766. The first kappa shape index (κ1) is 12.8. The predicted molar refractivity (Wildman–Crippen MR) is 83.4 cm³/mol. The minimum Gasteiger partial charge on any atom is -0.305 e. The van der Waals surface area contributed by atoms with E-state index in [0.29, 0.717) is 6.04 Å². The van der Waals surface area contributed by atoms with Crippen LogP contribution in [0.1, 0.15) is 24.2 Å². The van der Waals surface area contributed by atoms with Gasteiger partial charge in [-0.25, -0.2) is 0 Å². The molecule has 0 saturated heterocycles. The van der Waals surface area contributed by atoms with Crippen LogP contribution in [0.25, 0.3) is 10.9 Å². The van der Waals surface area contributed by atoms with Crippen molar-refractivity contribution >= 4 is 10.9 Å². The molecule has 0 fully saturated rings. The molecule has 1 atom stereocenters. The third kappa shape index (κ3) is 2.86. The van der Waals surface area contributed by atoms with E-state index in [1.165, 1.54) is 10.9 Å². The van der Waals surface area contributed by atoms with E-state index in [-0.39, 0.29) is 0 Å². The number of pyridine rings is 1. The number of benzene rings is 2. The largest absolute Gasteiger partial charge is 0.305 e. The Bertz CT molecular complexity index is 692. The van der Waals surface area contributed by atoms with E-state index in [9.17, 15) is 0 Å². The molecule has 0 spiro atoms. The number of nitrogens with zero attached hydrogens (tertiary/aromatic N) is 1. The first-order valence-electron chi connectivity index (χ1n) is 6.96. The second-order valence-electron chi connectivity index (χ2n) is 5.01. The zero-order chi connectivity index (χ0) is 13.8. The van der Waals surface area contributed by atoms with Crippen LogP contribution in [-0.4, -0.2) is 4.98 Å². The summed E-state index contributed by atoms with van der Waals surface area (Å²) in [4.78, 5) is 4.68. The van der Waals surface area contributed by atoms with Crippen molar-refractivity contribution in [2.24, 2.45) is 0 Å². The number of nitrogens with one attached hydrogen (secondary N) is 1. The third-order valence-electron chi connectivity index (χ3n) is 3.55. The van der Waals surface area contributed by atoms with Gasteiger partial charge in [0.25, 0.3) is 0 Å². The zero-order valence-electron chi connectivity index (χ0n) is 11.6. The van der Waals surface area contributed by atoms with Gasteiger partial charge in [0.1, 0.15) is 0 Å². The summed E-state index contributed by atoms with van der Waals surface area (Å²) < 4.78 is 0. The molecule has 0 radical (unpaired) electrons. The molecular weight excluding hydrogens is 244 g/mol. The lowest BCUT2D eigenvalue weighted by atomic mass is 10.1.